The molecule has 1 fully saturated rings. The number of aryl methyl sites for hydroxylation is 1. The van der Waals surface area contributed by atoms with E-state index in [9.17, 15) is 13.2 Å². The number of anilines is 1. The molecule has 3 rings (SSSR count). The summed E-state index contributed by atoms with van der Waals surface area (Å²) in [5.41, 5.74) is 1.39. The monoisotopic (exact) mass is 417 g/mol. The van der Waals surface area contributed by atoms with Crippen molar-refractivity contribution in [1.29, 1.82) is 0 Å². The molecular formula is C21H27N3O4S. The standard InChI is InChI=1S/C21H27N3O4S/c1-18-6-5-7-19(16-18)24(29(26,27)20-8-3-2-4-9-20)17-21(25)22-10-11-23-12-14-28-15-13-23/h2-9,16H,10-15,17H2,1H3,(H,22,25). The molecule has 0 atom stereocenters. The number of amides is 1. The van der Waals surface area contributed by atoms with Gasteiger partial charge in [-0.2, -0.15) is 0 Å². The van der Waals surface area contributed by atoms with E-state index in [1.165, 1.54) is 16.4 Å². The van der Waals surface area contributed by atoms with Crippen molar-refractivity contribution < 1.29 is 17.9 Å². The minimum atomic E-state index is -3.87. The second-order valence-corrected chi connectivity index (χ2v) is 8.83. The Labute approximate surface area is 172 Å². The first-order valence-electron chi connectivity index (χ1n) is 9.68. The van der Waals surface area contributed by atoms with E-state index in [-0.39, 0.29) is 17.3 Å². The third-order valence-electron chi connectivity index (χ3n) is 4.76. The SMILES string of the molecule is Cc1cccc(N(CC(=O)NCCN2CCOCC2)S(=O)(=O)c2ccccc2)c1. The quantitative estimate of drug-likeness (QED) is 0.706. The molecule has 1 saturated heterocycles. The molecule has 0 radical (unpaired) electrons. The van der Waals surface area contributed by atoms with Gasteiger partial charge in [0, 0.05) is 26.2 Å². The minimum absolute atomic E-state index is 0.155. The maximum atomic E-state index is 13.2. The Morgan fingerprint density at radius 1 is 1.10 bits per heavy atom. The third kappa shape index (κ3) is 5.79. The maximum Gasteiger partial charge on any atom is 0.264 e. The Hall–Kier alpha value is -2.42. The van der Waals surface area contributed by atoms with Crippen LogP contribution in [-0.4, -0.2) is 65.2 Å². The molecule has 1 aliphatic rings. The minimum Gasteiger partial charge on any atom is -0.379 e. The van der Waals surface area contributed by atoms with E-state index >= 15 is 0 Å². The van der Waals surface area contributed by atoms with Crippen LogP contribution in [0.2, 0.25) is 0 Å². The highest BCUT2D eigenvalue weighted by molar-refractivity contribution is 7.92. The molecule has 0 saturated carbocycles. The van der Waals surface area contributed by atoms with Crippen LogP contribution >= 0.6 is 0 Å². The van der Waals surface area contributed by atoms with Crippen LogP contribution in [0, 0.1) is 6.92 Å². The van der Waals surface area contributed by atoms with Gasteiger partial charge in [0.2, 0.25) is 5.91 Å². The van der Waals surface area contributed by atoms with Crippen molar-refractivity contribution in [2.45, 2.75) is 11.8 Å². The third-order valence-corrected chi connectivity index (χ3v) is 6.55. The fourth-order valence-corrected chi connectivity index (χ4v) is 4.62. The van der Waals surface area contributed by atoms with Gasteiger partial charge in [0.05, 0.1) is 23.8 Å². The van der Waals surface area contributed by atoms with E-state index in [0.29, 0.717) is 32.0 Å². The largest absolute Gasteiger partial charge is 0.379 e. The zero-order valence-electron chi connectivity index (χ0n) is 16.6. The summed E-state index contributed by atoms with van der Waals surface area (Å²) >= 11 is 0. The van der Waals surface area contributed by atoms with Crippen LogP contribution in [0.15, 0.2) is 59.5 Å². The smallest absolute Gasteiger partial charge is 0.264 e. The van der Waals surface area contributed by atoms with E-state index in [1.807, 2.05) is 13.0 Å². The van der Waals surface area contributed by atoms with E-state index in [4.69, 9.17) is 4.74 Å². The van der Waals surface area contributed by atoms with Gasteiger partial charge in [-0.25, -0.2) is 8.42 Å². The summed E-state index contributed by atoms with van der Waals surface area (Å²) < 4.78 is 32.9. The number of rotatable bonds is 8. The van der Waals surface area contributed by atoms with E-state index in [1.54, 1.807) is 36.4 Å². The summed E-state index contributed by atoms with van der Waals surface area (Å²) in [5.74, 6) is -0.334. The fraction of sp³-hybridized carbons (Fsp3) is 0.381. The second-order valence-electron chi connectivity index (χ2n) is 6.97. The number of hydrogen-bond acceptors (Lipinski definition) is 5. The Morgan fingerprint density at radius 2 is 1.83 bits per heavy atom. The Kier molecular flexibility index (Phi) is 7.24. The molecule has 0 bridgehead atoms. The number of morpholine rings is 1. The van der Waals surface area contributed by atoms with E-state index < -0.39 is 10.0 Å². The number of carbonyl (C=O) groups is 1. The number of nitrogens with one attached hydrogen (secondary N) is 1. The second kappa shape index (κ2) is 9.87. The van der Waals surface area contributed by atoms with Crippen LogP contribution in [0.4, 0.5) is 5.69 Å². The van der Waals surface area contributed by atoms with Crippen LogP contribution < -0.4 is 9.62 Å². The lowest BCUT2D eigenvalue weighted by Gasteiger charge is -2.27. The predicted octanol–water partition coefficient (Wildman–Crippen LogP) is 1.64. The molecule has 0 aliphatic carbocycles. The molecule has 29 heavy (non-hydrogen) atoms. The van der Waals surface area contributed by atoms with Crippen LogP contribution in [0.5, 0.6) is 0 Å². The maximum absolute atomic E-state index is 13.2. The molecule has 156 valence electrons. The molecule has 0 spiro atoms. The van der Waals surface area contributed by atoms with Crippen molar-refractivity contribution in [3.63, 3.8) is 0 Å². The van der Waals surface area contributed by atoms with Crippen LogP contribution in [-0.2, 0) is 19.6 Å². The van der Waals surface area contributed by atoms with Crippen LogP contribution in [0.1, 0.15) is 5.56 Å². The number of sulfonamides is 1. The van der Waals surface area contributed by atoms with E-state index in [2.05, 4.69) is 10.2 Å². The molecule has 0 unspecified atom stereocenters. The van der Waals surface area contributed by atoms with Crippen molar-refractivity contribution in [2.75, 3.05) is 50.2 Å². The van der Waals surface area contributed by atoms with Gasteiger partial charge in [-0.15, -0.1) is 0 Å². The first-order chi connectivity index (χ1) is 14.0. The highest BCUT2D eigenvalue weighted by Crippen LogP contribution is 2.24. The Bertz CT molecular complexity index is 913. The summed E-state index contributed by atoms with van der Waals surface area (Å²) in [7, 11) is -3.87. The van der Waals surface area contributed by atoms with E-state index in [0.717, 1.165) is 18.7 Å². The predicted molar refractivity (Wildman–Crippen MR) is 112 cm³/mol. The molecule has 2 aromatic rings. The molecule has 7 nitrogen and oxygen atoms in total. The molecule has 1 heterocycles. The van der Waals surface area contributed by atoms with Gasteiger partial charge in [-0.1, -0.05) is 30.3 Å². The van der Waals surface area contributed by atoms with Gasteiger partial charge < -0.3 is 10.1 Å². The van der Waals surface area contributed by atoms with Crippen LogP contribution in [0.3, 0.4) is 0 Å². The average Bonchev–Trinajstić information content (AvgIpc) is 2.73. The normalized spacial score (nSPS) is 15.1. The van der Waals surface area contributed by atoms with Gasteiger partial charge in [0.1, 0.15) is 6.54 Å². The summed E-state index contributed by atoms with van der Waals surface area (Å²) in [5, 5.41) is 2.84. The molecular weight excluding hydrogens is 390 g/mol. The lowest BCUT2D eigenvalue weighted by Crippen LogP contribution is -2.44. The van der Waals surface area contributed by atoms with Gasteiger partial charge >= 0.3 is 0 Å². The van der Waals surface area contributed by atoms with Crippen molar-refractivity contribution in [1.82, 2.24) is 10.2 Å². The number of hydrogen-bond donors (Lipinski definition) is 1. The van der Waals surface area contributed by atoms with Crippen LogP contribution in [0.25, 0.3) is 0 Å². The number of benzene rings is 2. The molecule has 0 aromatic heterocycles. The first kappa shape index (κ1) is 21.3. The number of carbonyl (C=O) groups excluding carboxylic acids is 1. The van der Waals surface area contributed by atoms with Gasteiger partial charge in [-0.05, 0) is 36.8 Å². The van der Waals surface area contributed by atoms with Gasteiger partial charge in [0.15, 0.2) is 0 Å². The topological polar surface area (TPSA) is 79.0 Å². The molecule has 2 aromatic carbocycles. The fourth-order valence-electron chi connectivity index (χ4n) is 3.18. The molecule has 1 aliphatic heterocycles. The molecule has 1 amide bonds. The van der Waals surface area contributed by atoms with Crippen molar-refractivity contribution in [2.24, 2.45) is 0 Å². The number of ether oxygens (including phenoxy) is 1. The summed E-state index contributed by atoms with van der Waals surface area (Å²) in [6.07, 6.45) is 0. The lowest BCUT2D eigenvalue weighted by molar-refractivity contribution is -0.119. The lowest BCUT2D eigenvalue weighted by atomic mass is 10.2. The summed E-state index contributed by atoms with van der Waals surface area (Å²) in [6, 6.07) is 15.3. The Morgan fingerprint density at radius 3 is 2.52 bits per heavy atom. The zero-order chi connectivity index (χ0) is 20.7. The highest BCUT2D eigenvalue weighted by Gasteiger charge is 2.27. The number of nitrogens with zero attached hydrogens (tertiary/aromatic N) is 2. The van der Waals surface area contributed by atoms with Gasteiger partial charge in [0.25, 0.3) is 10.0 Å². The molecule has 1 N–H and O–H groups in total. The van der Waals surface area contributed by atoms with Crippen molar-refractivity contribution in [3.8, 4) is 0 Å². The summed E-state index contributed by atoms with van der Waals surface area (Å²) in [4.78, 5) is 14.9. The Balaban J connectivity index is 1.72. The summed E-state index contributed by atoms with van der Waals surface area (Å²) in [6.45, 7) is 5.87. The molecule has 8 heteroatoms. The van der Waals surface area contributed by atoms with Crippen molar-refractivity contribution in [3.05, 3.63) is 60.2 Å². The van der Waals surface area contributed by atoms with Crippen molar-refractivity contribution >= 4 is 21.6 Å². The highest BCUT2D eigenvalue weighted by atomic mass is 32.2. The van der Waals surface area contributed by atoms with Gasteiger partial charge in [-0.3, -0.25) is 14.0 Å². The average molecular weight is 418 g/mol. The zero-order valence-corrected chi connectivity index (χ0v) is 17.4. The first-order valence-corrected chi connectivity index (χ1v) is 11.1.